The molecular formula is C27H28F3N3O4. The van der Waals surface area contributed by atoms with Crippen LogP contribution in [-0.2, 0) is 33.6 Å². The molecule has 0 saturated heterocycles. The summed E-state index contributed by atoms with van der Waals surface area (Å²) in [4.78, 5) is 41.0. The molecule has 37 heavy (non-hydrogen) atoms. The zero-order valence-corrected chi connectivity index (χ0v) is 20.6. The molecule has 3 aromatic rings. The molecule has 1 aliphatic heterocycles. The standard InChI is InChI=1S/C27H28F3N3O4/c1-3-37-24(34)17(2)15-22-23(19-7-5-4-6-8-19)33(26(36)31-22)21-10-9-18-11-13-32(14-12-20(18)16-21)25(35)27(28,29)30/h4-10,16-17H,3,11-15H2,1-2H3,(H,31,36). The summed E-state index contributed by atoms with van der Waals surface area (Å²) in [7, 11) is 0. The van der Waals surface area contributed by atoms with Gasteiger partial charge in [0.05, 0.1) is 23.9 Å². The second-order valence-electron chi connectivity index (χ2n) is 9.06. The van der Waals surface area contributed by atoms with E-state index in [0.717, 1.165) is 21.6 Å². The van der Waals surface area contributed by atoms with Crippen LogP contribution < -0.4 is 5.69 Å². The lowest BCUT2D eigenvalue weighted by atomic mass is 10.00. The minimum absolute atomic E-state index is 0.0278. The van der Waals surface area contributed by atoms with Crippen molar-refractivity contribution in [2.45, 2.75) is 39.3 Å². The lowest BCUT2D eigenvalue weighted by Crippen LogP contribution is -2.42. The summed E-state index contributed by atoms with van der Waals surface area (Å²) >= 11 is 0. The number of aromatic nitrogens is 2. The van der Waals surface area contributed by atoms with Crippen LogP contribution in [0.25, 0.3) is 16.9 Å². The summed E-state index contributed by atoms with van der Waals surface area (Å²) in [5.41, 5.74) is 3.71. The van der Waals surface area contributed by atoms with Gasteiger partial charge in [0.1, 0.15) is 0 Å². The van der Waals surface area contributed by atoms with Crippen LogP contribution in [0, 0.1) is 5.92 Å². The molecule has 1 aliphatic rings. The third-order valence-electron chi connectivity index (χ3n) is 6.50. The highest BCUT2D eigenvalue weighted by Crippen LogP contribution is 2.29. The topological polar surface area (TPSA) is 84.4 Å². The number of ether oxygens (including phenoxy) is 1. The average molecular weight is 516 g/mol. The second kappa shape index (κ2) is 10.7. The number of hydrogen-bond donors (Lipinski definition) is 1. The van der Waals surface area contributed by atoms with Crippen molar-refractivity contribution in [1.29, 1.82) is 0 Å². The number of alkyl halides is 3. The number of nitrogens with one attached hydrogen (secondary N) is 1. The zero-order valence-electron chi connectivity index (χ0n) is 20.6. The van der Waals surface area contributed by atoms with Gasteiger partial charge in [-0.15, -0.1) is 0 Å². The van der Waals surface area contributed by atoms with E-state index >= 15 is 0 Å². The molecular weight excluding hydrogens is 487 g/mol. The Labute approximate surface area is 211 Å². The fraction of sp³-hybridized carbons (Fsp3) is 0.370. The summed E-state index contributed by atoms with van der Waals surface area (Å²) in [5.74, 6) is -2.69. The number of carbonyl (C=O) groups excluding carboxylic acids is 2. The minimum atomic E-state index is -4.91. The minimum Gasteiger partial charge on any atom is -0.466 e. The molecule has 1 atom stereocenters. The van der Waals surface area contributed by atoms with Crippen molar-refractivity contribution in [2.75, 3.05) is 19.7 Å². The normalized spacial score (nSPS) is 14.6. The van der Waals surface area contributed by atoms with Crippen LogP contribution in [-0.4, -0.2) is 52.2 Å². The molecule has 7 nitrogen and oxygen atoms in total. The van der Waals surface area contributed by atoms with Crippen LogP contribution in [0.3, 0.4) is 0 Å². The fourth-order valence-electron chi connectivity index (χ4n) is 4.68. The van der Waals surface area contributed by atoms with E-state index in [9.17, 15) is 27.6 Å². The quantitative estimate of drug-likeness (QED) is 0.502. The van der Waals surface area contributed by atoms with Gasteiger partial charge < -0.3 is 14.6 Å². The molecule has 0 fully saturated rings. The summed E-state index contributed by atoms with van der Waals surface area (Å²) in [6.45, 7) is 3.63. The predicted octanol–water partition coefficient (Wildman–Crippen LogP) is 4.06. The van der Waals surface area contributed by atoms with E-state index in [1.54, 1.807) is 32.0 Å². The number of carbonyl (C=O) groups is 2. The van der Waals surface area contributed by atoms with E-state index in [1.807, 2.05) is 30.3 Å². The molecule has 0 aliphatic carbocycles. The number of aromatic amines is 1. The number of hydrogen-bond acceptors (Lipinski definition) is 4. The fourth-order valence-corrected chi connectivity index (χ4v) is 4.68. The smallest absolute Gasteiger partial charge is 0.466 e. The zero-order chi connectivity index (χ0) is 26.7. The molecule has 2 heterocycles. The molecule has 1 unspecified atom stereocenters. The van der Waals surface area contributed by atoms with E-state index in [2.05, 4.69) is 4.98 Å². The lowest BCUT2D eigenvalue weighted by molar-refractivity contribution is -0.185. The van der Waals surface area contributed by atoms with Gasteiger partial charge in [-0.2, -0.15) is 13.2 Å². The number of amides is 1. The van der Waals surface area contributed by atoms with Gasteiger partial charge in [-0.05, 0) is 43.0 Å². The number of imidazole rings is 1. The molecule has 2 aromatic carbocycles. The number of rotatable bonds is 6. The highest BCUT2D eigenvalue weighted by molar-refractivity contribution is 5.82. The molecule has 0 saturated carbocycles. The Kier molecular flexibility index (Phi) is 7.56. The molecule has 1 amide bonds. The molecule has 10 heteroatoms. The van der Waals surface area contributed by atoms with E-state index in [0.29, 0.717) is 17.1 Å². The number of esters is 1. The second-order valence-corrected chi connectivity index (χ2v) is 9.06. The number of H-pyrrole nitrogens is 1. The first kappa shape index (κ1) is 26.2. The van der Waals surface area contributed by atoms with Gasteiger partial charge in [-0.25, -0.2) is 4.79 Å². The first-order valence-electron chi connectivity index (χ1n) is 12.1. The Balaban J connectivity index is 1.72. The largest absolute Gasteiger partial charge is 0.471 e. The Hall–Kier alpha value is -3.82. The molecule has 196 valence electrons. The Morgan fingerprint density at radius 3 is 2.38 bits per heavy atom. The highest BCUT2D eigenvalue weighted by atomic mass is 19.4. The summed E-state index contributed by atoms with van der Waals surface area (Å²) in [6, 6.07) is 14.6. The van der Waals surface area contributed by atoms with Crippen molar-refractivity contribution in [1.82, 2.24) is 14.5 Å². The van der Waals surface area contributed by atoms with Crippen molar-refractivity contribution in [2.24, 2.45) is 5.92 Å². The molecule has 0 spiro atoms. The SMILES string of the molecule is CCOC(=O)C(C)Cc1[nH]c(=O)n(-c2ccc3c(c2)CCN(C(=O)C(F)(F)F)CC3)c1-c1ccccc1. The van der Waals surface area contributed by atoms with Gasteiger partial charge in [0.2, 0.25) is 0 Å². The van der Waals surface area contributed by atoms with Crippen LogP contribution in [0.15, 0.2) is 53.3 Å². The number of benzene rings is 2. The van der Waals surface area contributed by atoms with Crippen molar-refractivity contribution < 1.29 is 27.5 Å². The van der Waals surface area contributed by atoms with Crippen LogP contribution in [0.4, 0.5) is 13.2 Å². The molecule has 4 rings (SSSR count). The van der Waals surface area contributed by atoms with Crippen LogP contribution >= 0.6 is 0 Å². The summed E-state index contributed by atoms with van der Waals surface area (Å²) in [6.07, 6.45) is -4.14. The summed E-state index contributed by atoms with van der Waals surface area (Å²) in [5, 5.41) is 0. The highest BCUT2D eigenvalue weighted by Gasteiger charge is 2.42. The van der Waals surface area contributed by atoms with Gasteiger partial charge >= 0.3 is 23.7 Å². The molecule has 0 bridgehead atoms. The average Bonchev–Trinajstić information content (AvgIpc) is 3.04. The maximum atomic E-state index is 13.2. The van der Waals surface area contributed by atoms with Gasteiger partial charge in [-0.3, -0.25) is 14.2 Å². The first-order chi connectivity index (χ1) is 17.6. The van der Waals surface area contributed by atoms with Crippen molar-refractivity contribution in [3.63, 3.8) is 0 Å². The maximum Gasteiger partial charge on any atom is 0.471 e. The third kappa shape index (κ3) is 5.63. The molecule has 1 aromatic heterocycles. The third-order valence-corrected chi connectivity index (χ3v) is 6.50. The monoisotopic (exact) mass is 515 g/mol. The van der Waals surface area contributed by atoms with Gasteiger partial charge in [0.15, 0.2) is 0 Å². The van der Waals surface area contributed by atoms with Gasteiger partial charge in [-0.1, -0.05) is 43.3 Å². The van der Waals surface area contributed by atoms with E-state index in [4.69, 9.17) is 4.74 Å². The van der Waals surface area contributed by atoms with Crippen LogP contribution in [0.1, 0.15) is 30.7 Å². The summed E-state index contributed by atoms with van der Waals surface area (Å²) < 4.78 is 45.5. The van der Waals surface area contributed by atoms with Crippen LogP contribution in [0.5, 0.6) is 0 Å². The van der Waals surface area contributed by atoms with Crippen molar-refractivity contribution in [3.05, 3.63) is 75.8 Å². The lowest BCUT2D eigenvalue weighted by Gasteiger charge is -2.21. The van der Waals surface area contributed by atoms with Gasteiger partial charge in [0.25, 0.3) is 0 Å². The van der Waals surface area contributed by atoms with E-state index < -0.39 is 23.7 Å². The van der Waals surface area contributed by atoms with Crippen LogP contribution in [0.2, 0.25) is 0 Å². The maximum absolute atomic E-state index is 13.2. The molecule has 0 radical (unpaired) electrons. The van der Waals surface area contributed by atoms with Crippen molar-refractivity contribution >= 4 is 11.9 Å². The van der Waals surface area contributed by atoms with Gasteiger partial charge in [0, 0.05) is 30.8 Å². The Morgan fingerprint density at radius 1 is 1.05 bits per heavy atom. The Morgan fingerprint density at radius 2 is 1.73 bits per heavy atom. The number of fused-ring (bicyclic) bond motifs is 1. The number of halogens is 3. The Bertz CT molecular complexity index is 1350. The van der Waals surface area contributed by atoms with Crippen molar-refractivity contribution in [3.8, 4) is 16.9 Å². The number of nitrogens with zero attached hydrogens (tertiary/aromatic N) is 2. The van der Waals surface area contributed by atoms with E-state index in [-0.39, 0.29) is 44.9 Å². The predicted molar refractivity (Wildman–Crippen MR) is 131 cm³/mol. The first-order valence-corrected chi connectivity index (χ1v) is 12.1. The molecule has 1 N–H and O–H groups in total. The van der Waals surface area contributed by atoms with E-state index in [1.165, 1.54) is 4.57 Å².